The van der Waals surface area contributed by atoms with Gasteiger partial charge in [-0.25, -0.2) is 0 Å². The Hall–Kier alpha value is -3.35. The van der Waals surface area contributed by atoms with E-state index in [1.165, 1.54) is 5.56 Å². The average Bonchev–Trinajstić information content (AvgIpc) is 3.48. The molecule has 162 valence electrons. The van der Waals surface area contributed by atoms with Crippen LogP contribution in [-0.4, -0.2) is 29.7 Å². The second-order valence-electron chi connectivity index (χ2n) is 8.00. The predicted octanol–water partition coefficient (Wildman–Crippen LogP) is 4.21. The van der Waals surface area contributed by atoms with Gasteiger partial charge in [-0.15, -0.1) is 0 Å². The summed E-state index contributed by atoms with van der Waals surface area (Å²) < 4.78 is 16.2. The number of benzene rings is 1. The Morgan fingerprint density at radius 3 is 2.55 bits per heavy atom. The number of aryl methyl sites for hydroxylation is 1. The minimum absolute atomic E-state index is 0.0595. The average molecular weight is 421 g/mol. The van der Waals surface area contributed by atoms with E-state index < -0.39 is 0 Å². The molecule has 1 aromatic carbocycles. The first kappa shape index (κ1) is 20.9. The van der Waals surface area contributed by atoms with Crippen LogP contribution in [0.15, 0.2) is 53.2 Å². The van der Waals surface area contributed by atoms with Crippen molar-refractivity contribution in [1.82, 2.24) is 15.5 Å². The molecule has 1 fully saturated rings. The Labute approximate surface area is 181 Å². The van der Waals surface area contributed by atoms with Crippen LogP contribution in [0.1, 0.15) is 53.2 Å². The van der Waals surface area contributed by atoms with Crippen LogP contribution >= 0.6 is 0 Å². The summed E-state index contributed by atoms with van der Waals surface area (Å²) in [5.74, 6) is 1.71. The highest BCUT2D eigenvalue weighted by atomic mass is 16.5. The molecule has 0 bridgehead atoms. The number of hydrogen-bond donors (Lipinski definition) is 1. The van der Waals surface area contributed by atoms with E-state index in [-0.39, 0.29) is 23.6 Å². The van der Waals surface area contributed by atoms with Gasteiger partial charge in [0.05, 0.1) is 13.3 Å². The van der Waals surface area contributed by atoms with Gasteiger partial charge in [0.1, 0.15) is 18.1 Å². The van der Waals surface area contributed by atoms with Crippen LogP contribution in [0.5, 0.6) is 11.5 Å². The molecule has 7 heteroatoms. The van der Waals surface area contributed by atoms with Crippen molar-refractivity contribution >= 4 is 5.91 Å². The first-order valence-corrected chi connectivity index (χ1v) is 10.5. The molecule has 1 amide bonds. The number of nitrogens with zero attached hydrogens (tertiary/aromatic N) is 2. The van der Waals surface area contributed by atoms with Gasteiger partial charge in [0.2, 0.25) is 0 Å². The third-order valence-corrected chi connectivity index (χ3v) is 5.91. The minimum Gasteiger partial charge on any atom is -0.497 e. The van der Waals surface area contributed by atoms with Crippen LogP contribution in [0.2, 0.25) is 0 Å². The molecule has 1 aliphatic carbocycles. The third-order valence-electron chi connectivity index (χ3n) is 5.91. The van der Waals surface area contributed by atoms with Gasteiger partial charge < -0.3 is 19.3 Å². The highest BCUT2D eigenvalue weighted by Crippen LogP contribution is 2.41. The topological polar surface area (TPSA) is 86.5 Å². The first-order valence-electron chi connectivity index (χ1n) is 10.5. The molecule has 31 heavy (non-hydrogen) atoms. The van der Waals surface area contributed by atoms with Gasteiger partial charge in [0.25, 0.3) is 5.91 Å². The summed E-state index contributed by atoms with van der Waals surface area (Å²) in [5.41, 5.74) is 2.34. The summed E-state index contributed by atoms with van der Waals surface area (Å²) in [6.07, 6.45) is 6.05. The number of carbonyl (C=O) groups excluding carboxylic acids is 1. The Bertz CT molecular complexity index is 1010. The lowest BCUT2D eigenvalue weighted by molar-refractivity contribution is 0.0933. The molecule has 1 saturated carbocycles. The standard InChI is InChI=1S/C24H27N3O4/c1-17-5-8-20(14-25-17)30-15-21-13-22(27-31-21)23(28)26-16-24(11-3-4-12-24)18-6-9-19(29-2)10-7-18/h5-10,13-14H,3-4,11-12,15-16H2,1-2H3,(H,26,28). The van der Waals surface area contributed by atoms with E-state index in [9.17, 15) is 4.79 Å². The van der Waals surface area contributed by atoms with Gasteiger partial charge in [-0.1, -0.05) is 30.1 Å². The lowest BCUT2D eigenvalue weighted by atomic mass is 9.78. The number of rotatable bonds is 8. The summed E-state index contributed by atoms with van der Waals surface area (Å²) in [6.45, 7) is 2.65. The van der Waals surface area contributed by atoms with Crippen molar-refractivity contribution in [3.05, 3.63) is 71.4 Å². The molecule has 4 rings (SSSR count). The fourth-order valence-corrected chi connectivity index (χ4v) is 4.09. The zero-order valence-electron chi connectivity index (χ0n) is 17.9. The second-order valence-corrected chi connectivity index (χ2v) is 8.00. The number of carbonyl (C=O) groups is 1. The predicted molar refractivity (Wildman–Crippen MR) is 115 cm³/mol. The number of hydrogen-bond acceptors (Lipinski definition) is 6. The van der Waals surface area contributed by atoms with Gasteiger partial charge in [0.15, 0.2) is 11.5 Å². The van der Waals surface area contributed by atoms with E-state index in [0.29, 0.717) is 18.1 Å². The van der Waals surface area contributed by atoms with Crippen molar-refractivity contribution in [2.75, 3.05) is 13.7 Å². The summed E-state index contributed by atoms with van der Waals surface area (Å²) >= 11 is 0. The van der Waals surface area contributed by atoms with E-state index in [1.54, 1.807) is 19.4 Å². The van der Waals surface area contributed by atoms with E-state index in [2.05, 4.69) is 27.6 Å². The van der Waals surface area contributed by atoms with Crippen molar-refractivity contribution in [3.63, 3.8) is 0 Å². The molecule has 0 saturated heterocycles. The Balaban J connectivity index is 1.36. The van der Waals surface area contributed by atoms with E-state index in [1.807, 2.05) is 31.2 Å². The highest BCUT2D eigenvalue weighted by molar-refractivity contribution is 5.92. The van der Waals surface area contributed by atoms with Gasteiger partial charge in [0, 0.05) is 23.7 Å². The fraction of sp³-hybridized carbons (Fsp3) is 0.375. The molecular weight excluding hydrogens is 394 g/mol. The number of methoxy groups -OCH3 is 1. The molecule has 0 unspecified atom stereocenters. The zero-order valence-corrected chi connectivity index (χ0v) is 17.9. The normalized spacial score (nSPS) is 14.9. The van der Waals surface area contributed by atoms with Crippen LogP contribution in [0.4, 0.5) is 0 Å². The van der Waals surface area contributed by atoms with Crippen LogP contribution in [0.25, 0.3) is 0 Å². The largest absolute Gasteiger partial charge is 0.497 e. The Morgan fingerprint density at radius 1 is 1.13 bits per heavy atom. The SMILES string of the molecule is COc1ccc(C2(CNC(=O)c3cc(COc4ccc(C)nc4)on3)CCCC2)cc1. The fourth-order valence-electron chi connectivity index (χ4n) is 4.09. The molecule has 0 atom stereocenters. The molecule has 0 radical (unpaired) electrons. The van der Waals surface area contributed by atoms with Crippen molar-refractivity contribution < 1.29 is 18.8 Å². The third kappa shape index (κ3) is 4.87. The lowest BCUT2D eigenvalue weighted by Gasteiger charge is -2.30. The number of nitrogens with one attached hydrogen (secondary N) is 1. The Kier molecular flexibility index (Phi) is 6.21. The maximum Gasteiger partial charge on any atom is 0.273 e. The number of ether oxygens (including phenoxy) is 2. The smallest absolute Gasteiger partial charge is 0.273 e. The van der Waals surface area contributed by atoms with Gasteiger partial charge in [-0.2, -0.15) is 0 Å². The van der Waals surface area contributed by atoms with Crippen molar-refractivity contribution in [3.8, 4) is 11.5 Å². The van der Waals surface area contributed by atoms with Crippen LogP contribution in [0, 0.1) is 6.92 Å². The molecular formula is C24H27N3O4. The van der Waals surface area contributed by atoms with Crippen molar-refractivity contribution in [2.24, 2.45) is 0 Å². The molecule has 7 nitrogen and oxygen atoms in total. The molecule has 0 spiro atoms. The van der Waals surface area contributed by atoms with Crippen LogP contribution in [0.3, 0.4) is 0 Å². The second kappa shape index (κ2) is 9.20. The number of amides is 1. The van der Waals surface area contributed by atoms with Gasteiger partial charge in [-0.05, 0) is 49.6 Å². The van der Waals surface area contributed by atoms with Crippen molar-refractivity contribution in [2.45, 2.75) is 44.6 Å². The Morgan fingerprint density at radius 2 is 1.87 bits per heavy atom. The minimum atomic E-state index is -0.244. The quantitative estimate of drug-likeness (QED) is 0.586. The molecule has 1 N–H and O–H groups in total. The lowest BCUT2D eigenvalue weighted by Crippen LogP contribution is -2.39. The summed E-state index contributed by atoms with van der Waals surface area (Å²) in [6, 6.07) is 13.5. The maximum absolute atomic E-state index is 12.7. The van der Waals surface area contributed by atoms with Gasteiger partial charge >= 0.3 is 0 Å². The molecule has 2 aromatic heterocycles. The summed E-state index contributed by atoms with van der Waals surface area (Å²) in [4.78, 5) is 16.9. The van der Waals surface area contributed by atoms with Gasteiger partial charge in [-0.3, -0.25) is 9.78 Å². The number of pyridine rings is 1. The molecule has 0 aliphatic heterocycles. The monoisotopic (exact) mass is 421 g/mol. The van der Waals surface area contributed by atoms with E-state index >= 15 is 0 Å². The zero-order chi connectivity index (χ0) is 21.7. The number of aromatic nitrogens is 2. The summed E-state index contributed by atoms with van der Waals surface area (Å²) in [7, 11) is 1.66. The first-order chi connectivity index (χ1) is 15.1. The molecule has 3 aromatic rings. The molecule has 2 heterocycles. The maximum atomic E-state index is 12.7. The van der Waals surface area contributed by atoms with Crippen molar-refractivity contribution in [1.29, 1.82) is 0 Å². The van der Waals surface area contributed by atoms with Crippen LogP contribution < -0.4 is 14.8 Å². The van der Waals surface area contributed by atoms with Crippen LogP contribution in [-0.2, 0) is 12.0 Å². The highest BCUT2D eigenvalue weighted by Gasteiger charge is 2.36. The summed E-state index contributed by atoms with van der Waals surface area (Å²) in [5, 5.41) is 6.97. The molecule has 1 aliphatic rings. The van der Waals surface area contributed by atoms with E-state index in [0.717, 1.165) is 37.1 Å². The van der Waals surface area contributed by atoms with E-state index in [4.69, 9.17) is 14.0 Å².